The highest BCUT2D eigenvalue weighted by molar-refractivity contribution is 5.94. The number of fused-ring (bicyclic) bond motifs is 1. The number of carbonyl (C=O) groups is 1. The van der Waals surface area contributed by atoms with Gasteiger partial charge in [-0.05, 0) is 44.5 Å². The van der Waals surface area contributed by atoms with E-state index >= 15 is 0 Å². The van der Waals surface area contributed by atoms with Crippen molar-refractivity contribution in [2.75, 3.05) is 31.6 Å². The van der Waals surface area contributed by atoms with E-state index in [1.165, 1.54) is 0 Å². The second-order valence-corrected chi connectivity index (χ2v) is 4.86. The maximum absolute atomic E-state index is 11.3. The number of nitrogens with one attached hydrogen (secondary N) is 2. The molecule has 0 fully saturated rings. The van der Waals surface area contributed by atoms with Crippen LogP contribution >= 0.6 is 0 Å². The number of amides is 1. The van der Waals surface area contributed by atoms with E-state index in [1.807, 2.05) is 18.2 Å². The molecule has 0 bridgehead atoms. The number of hydrogen-bond acceptors (Lipinski definition) is 4. The van der Waals surface area contributed by atoms with Crippen molar-refractivity contribution in [2.24, 2.45) is 0 Å². The Balaban J connectivity index is 1.76. The van der Waals surface area contributed by atoms with E-state index in [0.29, 0.717) is 13.0 Å². The van der Waals surface area contributed by atoms with Crippen molar-refractivity contribution >= 4 is 11.6 Å². The molecule has 1 heterocycles. The Bertz CT molecular complexity index is 449. The van der Waals surface area contributed by atoms with E-state index in [0.717, 1.165) is 49.4 Å². The SMILES string of the molecule is O=C1CCc2c(cccc2OCCCNCCCO)N1. The fourth-order valence-electron chi connectivity index (χ4n) is 2.24. The molecule has 0 saturated carbocycles. The van der Waals surface area contributed by atoms with Crippen molar-refractivity contribution < 1.29 is 14.6 Å². The van der Waals surface area contributed by atoms with E-state index in [2.05, 4.69) is 10.6 Å². The largest absolute Gasteiger partial charge is 0.493 e. The fourth-order valence-corrected chi connectivity index (χ4v) is 2.24. The number of aliphatic hydroxyl groups is 1. The van der Waals surface area contributed by atoms with Gasteiger partial charge in [-0.1, -0.05) is 6.07 Å². The lowest BCUT2D eigenvalue weighted by atomic mass is 10.0. The molecule has 5 heteroatoms. The van der Waals surface area contributed by atoms with Gasteiger partial charge >= 0.3 is 0 Å². The number of ether oxygens (including phenoxy) is 1. The first-order chi connectivity index (χ1) is 9.81. The highest BCUT2D eigenvalue weighted by Crippen LogP contribution is 2.30. The quantitative estimate of drug-likeness (QED) is 0.627. The molecule has 0 unspecified atom stereocenters. The molecule has 110 valence electrons. The van der Waals surface area contributed by atoms with Crippen LogP contribution in [0.2, 0.25) is 0 Å². The number of aliphatic hydroxyl groups excluding tert-OH is 1. The van der Waals surface area contributed by atoms with E-state index in [-0.39, 0.29) is 12.5 Å². The first-order valence-electron chi connectivity index (χ1n) is 7.17. The van der Waals surface area contributed by atoms with Crippen LogP contribution in [0.1, 0.15) is 24.8 Å². The number of carbonyl (C=O) groups excluding carboxylic acids is 1. The van der Waals surface area contributed by atoms with Gasteiger partial charge in [-0.2, -0.15) is 0 Å². The van der Waals surface area contributed by atoms with Gasteiger partial charge in [0.25, 0.3) is 0 Å². The summed E-state index contributed by atoms with van der Waals surface area (Å²) in [6.07, 6.45) is 2.97. The summed E-state index contributed by atoms with van der Waals surface area (Å²) in [5.74, 6) is 0.945. The van der Waals surface area contributed by atoms with Gasteiger partial charge in [-0.3, -0.25) is 4.79 Å². The molecular weight excluding hydrogens is 256 g/mol. The normalized spacial score (nSPS) is 13.8. The van der Waals surface area contributed by atoms with Gasteiger partial charge in [0.1, 0.15) is 5.75 Å². The third-order valence-electron chi connectivity index (χ3n) is 3.28. The Morgan fingerprint density at radius 1 is 1.25 bits per heavy atom. The van der Waals surface area contributed by atoms with Crippen molar-refractivity contribution in [3.63, 3.8) is 0 Å². The van der Waals surface area contributed by atoms with Gasteiger partial charge in [0.15, 0.2) is 0 Å². The Labute approximate surface area is 119 Å². The predicted molar refractivity (Wildman–Crippen MR) is 78.1 cm³/mol. The van der Waals surface area contributed by atoms with Crippen LogP contribution in [0.15, 0.2) is 18.2 Å². The number of rotatable bonds is 8. The summed E-state index contributed by atoms with van der Waals surface area (Å²) >= 11 is 0. The molecule has 5 nitrogen and oxygen atoms in total. The minimum atomic E-state index is 0.0720. The van der Waals surface area contributed by atoms with Crippen LogP contribution in [0.5, 0.6) is 5.75 Å². The highest BCUT2D eigenvalue weighted by Gasteiger charge is 2.17. The molecule has 3 N–H and O–H groups in total. The lowest BCUT2D eigenvalue weighted by Crippen LogP contribution is -2.21. The molecule has 1 aromatic rings. The first kappa shape index (κ1) is 14.8. The van der Waals surface area contributed by atoms with Gasteiger partial charge in [0.05, 0.1) is 6.61 Å². The van der Waals surface area contributed by atoms with Crippen LogP contribution in [0.3, 0.4) is 0 Å². The Morgan fingerprint density at radius 2 is 2.10 bits per heavy atom. The van der Waals surface area contributed by atoms with Gasteiger partial charge in [0.2, 0.25) is 5.91 Å². The number of hydrogen-bond donors (Lipinski definition) is 3. The topological polar surface area (TPSA) is 70.6 Å². The summed E-state index contributed by atoms with van der Waals surface area (Å²) in [6.45, 7) is 2.59. The van der Waals surface area contributed by atoms with Crippen molar-refractivity contribution in [3.05, 3.63) is 23.8 Å². The molecule has 0 aliphatic carbocycles. The van der Waals surface area contributed by atoms with Crippen molar-refractivity contribution in [1.29, 1.82) is 0 Å². The molecule has 0 aromatic heterocycles. The molecule has 0 spiro atoms. The average molecular weight is 278 g/mol. The minimum Gasteiger partial charge on any atom is -0.493 e. The van der Waals surface area contributed by atoms with Gasteiger partial charge in [0, 0.05) is 24.3 Å². The third kappa shape index (κ3) is 4.21. The summed E-state index contributed by atoms with van der Waals surface area (Å²) in [5, 5.41) is 14.8. The second-order valence-electron chi connectivity index (χ2n) is 4.86. The van der Waals surface area contributed by atoms with Crippen LogP contribution in [0, 0.1) is 0 Å². The summed E-state index contributed by atoms with van der Waals surface area (Å²) in [7, 11) is 0. The smallest absolute Gasteiger partial charge is 0.224 e. The Kier molecular flexibility index (Phi) is 5.83. The van der Waals surface area contributed by atoms with Crippen LogP contribution in [0.25, 0.3) is 0 Å². The molecule has 0 radical (unpaired) electrons. The zero-order valence-electron chi connectivity index (χ0n) is 11.7. The zero-order valence-corrected chi connectivity index (χ0v) is 11.7. The Morgan fingerprint density at radius 3 is 2.95 bits per heavy atom. The van der Waals surface area contributed by atoms with Crippen LogP contribution in [-0.2, 0) is 11.2 Å². The van der Waals surface area contributed by atoms with Gasteiger partial charge in [-0.25, -0.2) is 0 Å². The second kappa shape index (κ2) is 7.87. The maximum atomic E-state index is 11.3. The number of benzene rings is 1. The molecule has 1 aromatic carbocycles. The molecule has 1 amide bonds. The van der Waals surface area contributed by atoms with Crippen molar-refractivity contribution in [2.45, 2.75) is 25.7 Å². The van der Waals surface area contributed by atoms with E-state index in [9.17, 15) is 4.79 Å². The summed E-state index contributed by atoms with van der Waals surface area (Å²) in [6, 6.07) is 5.77. The van der Waals surface area contributed by atoms with Crippen molar-refractivity contribution in [3.8, 4) is 5.75 Å². The van der Waals surface area contributed by atoms with Crippen LogP contribution in [-0.4, -0.2) is 37.3 Å². The molecule has 1 aliphatic rings. The maximum Gasteiger partial charge on any atom is 0.224 e. The standard InChI is InChI=1S/C15H22N2O3/c18-10-2-8-16-9-3-11-20-14-5-1-4-13-12(14)6-7-15(19)17-13/h1,4-5,16,18H,2-3,6-11H2,(H,17,19). The molecule has 0 atom stereocenters. The van der Waals surface area contributed by atoms with E-state index in [4.69, 9.17) is 9.84 Å². The summed E-state index contributed by atoms with van der Waals surface area (Å²) < 4.78 is 5.81. The van der Waals surface area contributed by atoms with E-state index < -0.39 is 0 Å². The summed E-state index contributed by atoms with van der Waals surface area (Å²) in [4.78, 5) is 11.3. The van der Waals surface area contributed by atoms with Gasteiger partial charge in [-0.15, -0.1) is 0 Å². The Hall–Kier alpha value is -1.59. The van der Waals surface area contributed by atoms with Gasteiger partial charge < -0.3 is 20.5 Å². The molecule has 1 aliphatic heterocycles. The molecule has 0 saturated heterocycles. The number of anilines is 1. The van der Waals surface area contributed by atoms with Crippen LogP contribution in [0.4, 0.5) is 5.69 Å². The first-order valence-corrected chi connectivity index (χ1v) is 7.17. The zero-order chi connectivity index (χ0) is 14.2. The average Bonchev–Trinajstić information content (AvgIpc) is 2.46. The monoisotopic (exact) mass is 278 g/mol. The lowest BCUT2D eigenvalue weighted by molar-refractivity contribution is -0.116. The minimum absolute atomic E-state index is 0.0720. The van der Waals surface area contributed by atoms with E-state index in [1.54, 1.807) is 0 Å². The highest BCUT2D eigenvalue weighted by atomic mass is 16.5. The lowest BCUT2D eigenvalue weighted by Gasteiger charge is -2.20. The molecule has 20 heavy (non-hydrogen) atoms. The molecule has 2 rings (SSSR count). The fraction of sp³-hybridized carbons (Fsp3) is 0.533. The van der Waals surface area contributed by atoms with Crippen molar-refractivity contribution in [1.82, 2.24) is 5.32 Å². The summed E-state index contributed by atoms with van der Waals surface area (Å²) in [5.41, 5.74) is 1.97. The predicted octanol–water partition coefficient (Wildman–Crippen LogP) is 1.31. The van der Waals surface area contributed by atoms with Crippen LogP contribution < -0.4 is 15.4 Å². The molecular formula is C15H22N2O3. The third-order valence-corrected chi connectivity index (χ3v) is 3.28.